The molecule has 1 aromatic carbocycles. The average Bonchev–Trinajstić information content (AvgIpc) is 2.30. The van der Waals surface area contributed by atoms with Crippen LogP contribution in [0, 0.1) is 0 Å². The van der Waals surface area contributed by atoms with Gasteiger partial charge in [-0.05, 0) is 23.5 Å². The molecule has 1 aromatic rings. The van der Waals surface area contributed by atoms with E-state index in [0.717, 1.165) is 6.42 Å². The van der Waals surface area contributed by atoms with Gasteiger partial charge in [-0.3, -0.25) is 0 Å². The van der Waals surface area contributed by atoms with Gasteiger partial charge in [-0.25, -0.2) is 0 Å². The third-order valence-corrected chi connectivity index (χ3v) is 3.04. The Morgan fingerprint density at radius 1 is 1.36 bits per heavy atom. The molecule has 2 atom stereocenters. The van der Waals surface area contributed by atoms with Crippen molar-refractivity contribution < 1.29 is 0 Å². The summed E-state index contributed by atoms with van der Waals surface area (Å²) in [7, 11) is 0. The lowest BCUT2D eigenvalue weighted by Gasteiger charge is -2.06. The van der Waals surface area contributed by atoms with E-state index in [9.17, 15) is 0 Å². The smallest absolute Gasteiger partial charge is 0.0442 e. The molecule has 0 aliphatic heterocycles. The van der Waals surface area contributed by atoms with Gasteiger partial charge in [-0.15, -0.1) is 11.6 Å². The van der Waals surface area contributed by atoms with Gasteiger partial charge in [-0.1, -0.05) is 31.2 Å². The normalized spacial score (nSPS) is 28.5. The van der Waals surface area contributed by atoms with E-state index in [2.05, 4.69) is 31.2 Å². The summed E-state index contributed by atoms with van der Waals surface area (Å²) in [6.45, 7) is 2.20. The van der Waals surface area contributed by atoms with Crippen LogP contribution in [0.4, 0.5) is 0 Å². The molecule has 0 spiro atoms. The summed E-state index contributed by atoms with van der Waals surface area (Å²) in [6, 6.07) is 8.53. The maximum Gasteiger partial charge on any atom is 0.0442 e. The second-order valence-corrected chi connectivity index (χ2v) is 3.77. The van der Waals surface area contributed by atoms with Gasteiger partial charge in [0.05, 0.1) is 0 Å². The van der Waals surface area contributed by atoms with E-state index in [1.165, 1.54) is 11.1 Å². The Morgan fingerprint density at radius 3 is 2.82 bits per heavy atom. The molecule has 1 aliphatic rings. The van der Waals surface area contributed by atoms with Crippen LogP contribution in [-0.2, 0) is 6.42 Å². The molecule has 11 heavy (non-hydrogen) atoms. The molecule has 2 rings (SSSR count). The number of hydrogen-bond donors (Lipinski definition) is 0. The fourth-order valence-corrected chi connectivity index (χ4v) is 2.05. The lowest BCUT2D eigenvalue weighted by Crippen LogP contribution is -2.01. The molecule has 0 nitrogen and oxygen atoms in total. The van der Waals surface area contributed by atoms with Gasteiger partial charge in [0.2, 0.25) is 0 Å². The van der Waals surface area contributed by atoms with Crippen LogP contribution in [0.25, 0.3) is 0 Å². The lowest BCUT2D eigenvalue weighted by molar-refractivity contribution is 0.757. The molecule has 2 unspecified atom stereocenters. The highest BCUT2D eigenvalue weighted by Gasteiger charge is 2.26. The first-order valence-electron chi connectivity index (χ1n) is 4.01. The zero-order valence-electron chi connectivity index (χ0n) is 6.55. The molecule has 0 heterocycles. The van der Waals surface area contributed by atoms with Crippen molar-refractivity contribution in [2.75, 3.05) is 0 Å². The van der Waals surface area contributed by atoms with E-state index in [-0.39, 0.29) is 0 Å². The van der Waals surface area contributed by atoms with Crippen molar-refractivity contribution >= 4 is 11.6 Å². The van der Waals surface area contributed by atoms with Gasteiger partial charge in [-0.2, -0.15) is 0 Å². The topological polar surface area (TPSA) is 0 Å². The number of benzene rings is 1. The molecule has 0 N–H and O–H groups in total. The fourth-order valence-electron chi connectivity index (χ4n) is 1.75. The van der Waals surface area contributed by atoms with Gasteiger partial charge in [0.25, 0.3) is 0 Å². The van der Waals surface area contributed by atoms with Gasteiger partial charge >= 0.3 is 0 Å². The van der Waals surface area contributed by atoms with Crippen LogP contribution in [0.15, 0.2) is 24.3 Å². The Bertz CT molecular complexity index is 267. The number of alkyl halides is 1. The summed E-state index contributed by atoms with van der Waals surface area (Å²) >= 11 is 6.13. The summed E-state index contributed by atoms with van der Waals surface area (Å²) in [5, 5.41) is 0.312. The third-order valence-electron chi connectivity index (χ3n) is 2.50. The van der Waals surface area contributed by atoms with Crippen LogP contribution in [0.1, 0.15) is 24.0 Å². The number of fused-ring (bicyclic) bond motifs is 1. The zero-order valence-corrected chi connectivity index (χ0v) is 7.31. The summed E-state index contributed by atoms with van der Waals surface area (Å²) < 4.78 is 0. The Kier molecular flexibility index (Phi) is 1.65. The Morgan fingerprint density at radius 2 is 2.09 bits per heavy atom. The van der Waals surface area contributed by atoms with Crippen LogP contribution >= 0.6 is 11.6 Å². The minimum atomic E-state index is 0.312. The number of halogens is 1. The van der Waals surface area contributed by atoms with E-state index < -0.39 is 0 Å². The summed E-state index contributed by atoms with van der Waals surface area (Å²) in [5.41, 5.74) is 2.87. The molecule has 1 heteroatoms. The SMILES string of the molecule is CC1c2ccccc2CC1Cl. The van der Waals surface area contributed by atoms with E-state index in [4.69, 9.17) is 11.6 Å². The van der Waals surface area contributed by atoms with Crippen LogP contribution in [0.3, 0.4) is 0 Å². The van der Waals surface area contributed by atoms with Crippen molar-refractivity contribution in [3.05, 3.63) is 35.4 Å². The lowest BCUT2D eigenvalue weighted by atomic mass is 10.0. The summed E-state index contributed by atoms with van der Waals surface area (Å²) in [6.07, 6.45) is 1.04. The number of rotatable bonds is 0. The van der Waals surface area contributed by atoms with Gasteiger partial charge < -0.3 is 0 Å². The minimum Gasteiger partial charge on any atom is -0.122 e. The molecule has 0 aromatic heterocycles. The third kappa shape index (κ3) is 1.06. The molecule has 0 saturated carbocycles. The number of hydrogen-bond acceptors (Lipinski definition) is 0. The molecule has 0 saturated heterocycles. The molecule has 0 amide bonds. The predicted octanol–water partition coefficient (Wildman–Crippen LogP) is 2.95. The highest BCUT2D eigenvalue weighted by atomic mass is 35.5. The van der Waals surface area contributed by atoms with Crippen LogP contribution in [0.2, 0.25) is 0 Å². The Balaban J connectivity index is 2.47. The summed E-state index contributed by atoms with van der Waals surface area (Å²) in [5.74, 6) is 0.535. The molecule has 0 fully saturated rings. The van der Waals surface area contributed by atoms with Gasteiger partial charge in [0, 0.05) is 5.38 Å². The predicted molar refractivity (Wildman–Crippen MR) is 48.2 cm³/mol. The first kappa shape index (κ1) is 7.17. The standard InChI is InChI=1S/C10H11Cl/c1-7-9-5-3-2-4-8(9)6-10(7)11/h2-5,7,10H,6H2,1H3. The second-order valence-electron chi connectivity index (χ2n) is 3.21. The second kappa shape index (κ2) is 2.53. The molecular formula is C10H11Cl. The van der Waals surface area contributed by atoms with E-state index in [1.807, 2.05) is 0 Å². The van der Waals surface area contributed by atoms with Crippen LogP contribution < -0.4 is 0 Å². The van der Waals surface area contributed by atoms with Crippen LogP contribution in [0.5, 0.6) is 0 Å². The quantitative estimate of drug-likeness (QED) is 0.520. The first-order chi connectivity index (χ1) is 5.29. The van der Waals surface area contributed by atoms with Crippen molar-refractivity contribution in [2.24, 2.45) is 0 Å². The van der Waals surface area contributed by atoms with Crippen molar-refractivity contribution in [1.29, 1.82) is 0 Å². The average molecular weight is 167 g/mol. The minimum absolute atomic E-state index is 0.312. The van der Waals surface area contributed by atoms with Gasteiger partial charge in [0.15, 0.2) is 0 Å². The monoisotopic (exact) mass is 166 g/mol. The fraction of sp³-hybridized carbons (Fsp3) is 0.400. The maximum atomic E-state index is 6.13. The molecule has 0 bridgehead atoms. The summed E-state index contributed by atoms with van der Waals surface area (Å²) in [4.78, 5) is 0. The van der Waals surface area contributed by atoms with E-state index >= 15 is 0 Å². The van der Waals surface area contributed by atoms with E-state index in [0.29, 0.717) is 11.3 Å². The van der Waals surface area contributed by atoms with Crippen LogP contribution in [-0.4, -0.2) is 5.38 Å². The molecule has 58 valence electrons. The zero-order chi connectivity index (χ0) is 7.84. The van der Waals surface area contributed by atoms with E-state index in [1.54, 1.807) is 0 Å². The first-order valence-corrected chi connectivity index (χ1v) is 4.44. The molecule has 0 radical (unpaired) electrons. The largest absolute Gasteiger partial charge is 0.122 e. The molecular weight excluding hydrogens is 156 g/mol. The Labute approximate surface area is 72.2 Å². The Hall–Kier alpha value is -0.490. The highest BCUT2D eigenvalue weighted by Crippen LogP contribution is 2.35. The van der Waals surface area contributed by atoms with Crippen molar-refractivity contribution in [3.8, 4) is 0 Å². The van der Waals surface area contributed by atoms with Crippen molar-refractivity contribution in [2.45, 2.75) is 24.6 Å². The maximum absolute atomic E-state index is 6.13. The molecule has 1 aliphatic carbocycles. The highest BCUT2D eigenvalue weighted by molar-refractivity contribution is 6.21. The van der Waals surface area contributed by atoms with Gasteiger partial charge in [0.1, 0.15) is 0 Å². The van der Waals surface area contributed by atoms with Crippen molar-refractivity contribution in [1.82, 2.24) is 0 Å². The van der Waals surface area contributed by atoms with Crippen molar-refractivity contribution in [3.63, 3.8) is 0 Å².